The molecule has 0 spiro atoms. The molecule has 0 amide bonds. The second kappa shape index (κ2) is 5.89. The van der Waals surface area contributed by atoms with Gasteiger partial charge in [0, 0.05) is 17.1 Å². The molecule has 2 heterocycles. The zero-order chi connectivity index (χ0) is 12.1. The molecule has 1 atom stereocenters. The molecule has 0 bridgehead atoms. The SMILES string of the molecule is NC(CCCc1cccs1)c1cncc(F)c1. The van der Waals surface area contributed by atoms with Gasteiger partial charge in [-0.15, -0.1) is 11.3 Å². The molecule has 0 aliphatic carbocycles. The van der Waals surface area contributed by atoms with E-state index in [9.17, 15) is 4.39 Å². The Hall–Kier alpha value is -1.26. The Labute approximate surface area is 104 Å². The number of thiophene rings is 1. The fourth-order valence-corrected chi connectivity index (χ4v) is 2.50. The molecular formula is C13H15FN2S. The van der Waals surface area contributed by atoms with Crippen molar-refractivity contribution in [3.05, 3.63) is 52.2 Å². The first-order valence-corrected chi connectivity index (χ1v) is 6.52. The Balaban J connectivity index is 1.83. The van der Waals surface area contributed by atoms with Crippen LogP contribution in [0.4, 0.5) is 4.39 Å². The van der Waals surface area contributed by atoms with E-state index in [1.807, 2.05) is 0 Å². The van der Waals surface area contributed by atoms with E-state index in [0.29, 0.717) is 0 Å². The Morgan fingerprint density at radius 2 is 2.29 bits per heavy atom. The lowest BCUT2D eigenvalue weighted by Gasteiger charge is -2.10. The summed E-state index contributed by atoms with van der Waals surface area (Å²) in [6, 6.07) is 5.51. The number of aromatic nitrogens is 1. The summed E-state index contributed by atoms with van der Waals surface area (Å²) in [7, 11) is 0. The van der Waals surface area contributed by atoms with E-state index in [1.54, 1.807) is 17.5 Å². The fraction of sp³-hybridized carbons (Fsp3) is 0.308. The Bertz CT molecular complexity index is 456. The maximum atomic E-state index is 13.0. The monoisotopic (exact) mass is 250 g/mol. The minimum Gasteiger partial charge on any atom is -0.324 e. The Kier molecular flexibility index (Phi) is 4.23. The average Bonchev–Trinajstić information content (AvgIpc) is 2.82. The van der Waals surface area contributed by atoms with E-state index in [1.165, 1.54) is 17.1 Å². The van der Waals surface area contributed by atoms with Gasteiger partial charge in [-0.3, -0.25) is 4.98 Å². The van der Waals surface area contributed by atoms with Crippen LogP contribution in [0.2, 0.25) is 0 Å². The maximum absolute atomic E-state index is 13.0. The zero-order valence-electron chi connectivity index (χ0n) is 9.47. The van der Waals surface area contributed by atoms with E-state index in [-0.39, 0.29) is 11.9 Å². The van der Waals surface area contributed by atoms with Crippen LogP contribution in [-0.2, 0) is 6.42 Å². The predicted molar refractivity (Wildman–Crippen MR) is 68.4 cm³/mol. The summed E-state index contributed by atoms with van der Waals surface area (Å²) in [6.07, 6.45) is 5.73. The molecule has 4 heteroatoms. The Morgan fingerprint density at radius 1 is 1.41 bits per heavy atom. The van der Waals surface area contributed by atoms with Gasteiger partial charge in [0.25, 0.3) is 0 Å². The number of nitrogens with two attached hydrogens (primary N) is 1. The van der Waals surface area contributed by atoms with Crippen LogP contribution in [0.3, 0.4) is 0 Å². The summed E-state index contributed by atoms with van der Waals surface area (Å²) in [5, 5.41) is 2.08. The van der Waals surface area contributed by atoms with Crippen LogP contribution in [0.15, 0.2) is 36.0 Å². The maximum Gasteiger partial charge on any atom is 0.141 e. The Morgan fingerprint density at radius 3 is 3.00 bits per heavy atom. The molecule has 2 rings (SSSR count). The lowest BCUT2D eigenvalue weighted by molar-refractivity contribution is 0.588. The molecule has 0 saturated carbocycles. The summed E-state index contributed by atoms with van der Waals surface area (Å²) < 4.78 is 13.0. The highest BCUT2D eigenvalue weighted by Crippen LogP contribution is 2.18. The third kappa shape index (κ3) is 3.61. The first-order valence-electron chi connectivity index (χ1n) is 5.64. The molecule has 0 fully saturated rings. The lowest BCUT2D eigenvalue weighted by atomic mass is 10.0. The van der Waals surface area contributed by atoms with Crippen molar-refractivity contribution in [3.8, 4) is 0 Å². The van der Waals surface area contributed by atoms with Crippen molar-refractivity contribution in [2.75, 3.05) is 0 Å². The topological polar surface area (TPSA) is 38.9 Å². The fourth-order valence-electron chi connectivity index (χ4n) is 1.75. The standard InChI is InChI=1S/C13H15FN2S/c14-11-7-10(8-16-9-11)13(15)5-1-3-12-4-2-6-17-12/h2,4,6-9,13H,1,3,5,15H2. The third-order valence-electron chi connectivity index (χ3n) is 2.67. The summed E-state index contributed by atoms with van der Waals surface area (Å²) in [5.74, 6) is -0.323. The molecule has 2 N–H and O–H groups in total. The largest absolute Gasteiger partial charge is 0.324 e. The van der Waals surface area contributed by atoms with E-state index in [4.69, 9.17) is 5.73 Å². The summed E-state index contributed by atoms with van der Waals surface area (Å²) >= 11 is 1.76. The van der Waals surface area contributed by atoms with Crippen molar-refractivity contribution < 1.29 is 4.39 Å². The highest BCUT2D eigenvalue weighted by molar-refractivity contribution is 7.09. The lowest BCUT2D eigenvalue weighted by Crippen LogP contribution is -2.11. The van der Waals surface area contributed by atoms with Gasteiger partial charge in [-0.25, -0.2) is 4.39 Å². The summed E-state index contributed by atoms with van der Waals surface area (Å²) in [5.41, 5.74) is 6.77. The van der Waals surface area contributed by atoms with Crippen molar-refractivity contribution in [1.29, 1.82) is 0 Å². The van der Waals surface area contributed by atoms with Crippen LogP contribution in [0.5, 0.6) is 0 Å². The molecule has 0 aromatic carbocycles. The first kappa shape index (κ1) is 12.2. The third-order valence-corrected chi connectivity index (χ3v) is 3.61. The number of aryl methyl sites for hydroxylation is 1. The van der Waals surface area contributed by atoms with E-state index in [0.717, 1.165) is 24.8 Å². The van der Waals surface area contributed by atoms with Gasteiger partial charge >= 0.3 is 0 Å². The number of nitrogens with zero attached hydrogens (tertiary/aromatic N) is 1. The quantitative estimate of drug-likeness (QED) is 0.884. The van der Waals surface area contributed by atoms with Gasteiger partial charge in [0.2, 0.25) is 0 Å². The van der Waals surface area contributed by atoms with Gasteiger partial charge in [-0.1, -0.05) is 6.07 Å². The second-order valence-corrected chi connectivity index (χ2v) is 5.05. The molecule has 2 aromatic heterocycles. The minimum atomic E-state index is -0.323. The van der Waals surface area contributed by atoms with Crippen LogP contribution >= 0.6 is 11.3 Å². The van der Waals surface area contributed by atoms with Crippen molar-refractivity contribution in [2.45, 2.75) is 25.3 Å². The molecule has 90 valence electrons. The molecule has 1 unspecified atom stereocenters. The van der Waals surface area contributed by atoms with Gasteiger partial charge in [-0.05, 0) is 42.3 Å². The van der Waals surface area contributed by atoms with Gasteiger partial charge in [-0.2, -0.15) is 0 Å². The second-order valence-electron chi connectivity index (χ2n) is 4.01. The van der Waals surface area contributed by atoms with Crippen LogP contribution < -0.4 is 5.73 Å². The number of halogens is 1. The molecule has 0 saturated heterocycles. The molecule has 2 nitrogen and oxygen atoms in total. The summed E-state index contributed by atoms with van der Waals surface area (Å²) in [4.78, 5) is 5.18. The summed E-state index contributed by atoms with van der Waals surface area (Å²) in [6.45, 7) is 0. The predicted octanol–water partition coefficient (Wildman–Crippen LogP) is 3.30. The van der Waals surface area contributed by atoms with Gasteiger partial charge in [0.05, 0.1) is 6.20 Å². The smallest absolute Gasteiger partial charge is 0.141 e. The van der Waals surface area contributed by atoms with Gasteiger partial charge < -0.3 is 5.73 Å². The van der Waals surface area contributed by atoms with Crippen molar-refractivity contribution in [1.82, 2.24) is 4.98 Å². The van der Waals surface area contributed by atoms with E-state index >= 15 is 0 Å². The first-order chi connectivity index (χ1) is 8.25. The van der Waals surface area contributed by atoms with Crippen LogP contribution in [0, 0.1) is 5.82 Å². The minimum absolute atomic E-state index is 0.127. The zero-order valence-corrected chi connectivity index (χ0v) is 10.3. The highest BCUT2D eigenvalue weighted by Gasteiger charge is 2.07. The molecule has 0 aliphatic heterocycles. The average molecular weight is 250 g/mol. The van der Waals surface area contributed by atoms with Crippen molar-refractivity contribution >= 4 is 11.3 Å². The molecule has 0 radical (unpaired) electrons. The van der Waals surface area contributed by atoms with Crippen LogP contribution in [-0.4, -0.2) is 4.98 Å². The number of pyridine rings is 1. The normalized spacial score (nSPS) is 12.6. The van der Waals surface area contributed by atoms with Crippen LogP contribution in [0.25, 0.3) is 0 Å². The number of rotatable bonds is 5. The van der Waals surface area contributed by atoms with Crippen molar-refractivity contribution in [3.63, 3.8) is 0 Å². The van der Waals surface area contributed by atoms with Gasteiger partial charge in [0.15, 0.2) is 0 Å². The number of hydrogen-bond donors (Lipinski definition) is 1. The molecule has 2 aromatic rings. The van der Waals surface area contributed by atoms with E-state index < -0.39 is 0 Å². The van der Waals surface area contributed by atoms with Crippen molar-refractivity contribution in [2.24, 2.45) is 5.73 Å². The molecular weight excluding hydrogens is 235 g/mol. The molecule has 0 aliphatic rings. The van der Waals surface area contributed by atoms with E-state index in [2.05, 4.69) is 22.5 Å². The highest BCUT2D eigenvalue weighted by atomic mass is 32.1. The van der Waals surface area contributed by atoms with Gasteiger partial charge in [0.1, 0.15) is 5.82 Å². The van der Waals surface area contributed by atoms with Crippen LogP contribution in [0.1, 0.15) is 29.3 Å². The number of hydrogen-bond acceptors (Lipinski definition) is 3. The molecule has 17 heavy (non-hydrogen) atoms.